The van der Waals surface area contributed by atoms with Crippen LogP contribution < -0.4 is 10.2 Å². The van der Waals surface area contributed by atoms with E-state index in [1.165, 1.54) is 0 Å². The van der Waals surface area contributed by atoms with Crippen LogP contribution in [-0.4, -0.2) is 72.2 Å². The Morgan fingerprint density at radius 2 is 1.84 bits per heavy atom. The second-order valence-corrected chi connectivity index (χ2v) is 6.58. The number of carboxylic acid groups (broad SMARTS) is 1. The van der Waals surface area contributed by atoms with Gasteiger partial charge in [0.25, 0.3) is 0 Å². The van der Waals surface area contributed by atoms with Crippen molar-refractivity contribution >= 4 is 17.6 Å². The summed E-state index contributed by atoms with van der Waals surface area (Å²) in [6, 6.07) is 3.61. The van der Waals surface area contributed by atoms with E-state index in [0.717, 1.165) is 57.8 Å². The molecule has 0 aliphatic carbocycles. The molecular weight excluding hydrogens is 320 g/mol. The van der Waals surface area contributed by atoms with Gasteiger partial charge in [-0.3, -0.25) is 9.88 Å². The quantitative estimate of drug-likeness (QED) is 0.591. The van der Waals surface area contributed by atoms with E-state index < -0.39 is 5.97 Å². The summed E-state index contributed by atoms with van der Waals surface area (Å²) in [6.07, 6.45) is 5.32. The second kappa shape index (κ2) is 8.25. The maximum atomic E-state index is 11.6. The lowest BCUT2D eigenvalue weighted by molar-refractivity contribution is -0.133. The zero-order valence-electron chi connectivity index (χ0n) is 14.2. The van der Waals surface area contributed by atoms with E-state index in [4.69, 9.17) is 0 Å². The predicted molar refractivity (Wildman–Crippen MR) is 94.2 cm³/mol. The molecule has 1 unspecified atom stereocenters. The van der Waals surface area contributed by atoms with Crippen LogP contribution in [0.5, 0.6) is 0 Å². The number of anilines is 1. The van der Waals surface area contributed by atoms with Crippen molar-refractivity contribution in [3.8, 4) is 0 Å². The van der Waals surface area contributed by atoms with Gasteiger partial charge in [-0.05, 0) is 44.0 Å². The van der Waals surface area contributed by atoms with Crippen molar-refractivity contribution in [3.63, 3.8) is 0 Å². The van der Waals surface area contributed by atoms with Crippen LogP contribution in [0.4, 0.5) is 5.69 Å². The number of hydrogen-bond donors (Lipinski definition) is 2. The number of carboxylic acids is 1. The lowest BCUT2D eigenvalue weighted by Crippen LogP contribution is -2.55. The lowest BCUT2D eigenvalue weighted by atomic mass is 9.84. The minimum absolute atomic E-state index is 0.121. The van der Waals surface area contributed by atoms with Crippen LogP contribution in [-0.2, 0) is 9.59 Å². The minimum Gasteiger partial charge on any atom is -0.477 e. The summed E-state index contributed by atoms with van der Waals surface area (Å²) >= 11 is 0. The molecule has 1 aromatic heterocycles. The normalized spacial score (nSPS) is 20.7. The Kier molecular flexibility index (Phi) is 5.81. The van der Waals surface area contributed by atoms with Gasteiger partial charge in [-0.1, -0.05) is 0 Å². The number of pyridine rings is 1. The Balaban J connectivity index is 1.73. The maximum absolute atomic E-state index is 11.6. The fraction of sp³-hybridized carbons (Fsp3) is 0.556. The molecule has 2 aliphatic heterocycles. The van der Waals surface area contributed by atoms with Crippen molar-refractivity contribution in [1.82, 2.24) is 15.2 Å². The molecular formula is C18H24N4O3. The smallest absolute Gasteiger partial charge is 0.344 e. The number of piperazine rings is 1. The summed E-state index contributed by atoms with van der Waals surface area (Å²) in [4.78, 5) is 31.4. The molecule has 0 bridgehead atoms. The topological polar surface area (TPSA) is 85.8 Å². The van der Waals surface area contributed by atoms with E-state index >= 15 is 0 Å². The van der Waals surface area contributed by atoms with Crippen molar-refractivity contribution in [2.75, 3.05) is 44.2 Å². The summed E-state index contributed by atoms with van der Waals surface area (Å²) in [5.74, 6) is 0.761. The van der Waals surface area contributed by atoms with Crippen molar-refractivity contribution in [2.24, 2.45) is 5.92 Å². The van der Waals surface area contributed by atoms with Gasteiger partial charge in [-0.25, -0.2) is 9.59 Å². The summed E-state index contributed by atoms with van der Waals surface area (Å²) in [6.45, 7) is 4.80. The number of nitrogens with zero attached hydrogens (tertiary/aromatic N) is 3. The van der Waals surface area contributed by atoms with E-state index in [1.54, 1.807) is 18.3 Å². The molecule has 0 saturated carbocycles. The molecule has 0 spiro atoms. The van der Waals surface area contributed by atoms with Gasteiger partial charge in [0.15, 0.2) is 0 Å². The van der Waals surface area contributed by atoms with Crippen LogP contribution in [0.1, 0.15) is 12.8 Å². The van der Waals surface area contributed by atoms with Crippen LogP contribution >= 0.6 is 0 Å². The van der Waals surface area contributed by atoms with E-state index in [1.807, 2.05) is 12.1 Å². The van der Waals surface area contributed by atoms with Crippen LogP contribution in [0.15, 0.2) is 30.1 Å². The molecule has 3 rings (SSSR count). The highest BCUT2D eigenvalue weighted by atomic mass is 16.4. The first-order valence-electron chi connectivity index (χ1n) is 8.78. The number of carbonyl (C=O) groups excluding carboxylic acids is 1. The first-order valence-corrected chi connectivity index (χ1v) is 8.78. The summed E-state index contributed by atoms with van der Waals surface area (Å²) in [5, 5.41) is 12.8. The molecule has 1 atom stereocenters. The van der Waals surface area contributed by atoms with Crippen molar-refractivity contribution in [1.29, 1.82) is 0 Å². The van der Waals surface area contributed by atoms with E-state index in [9.17, 15) is 14.7 Å². The molecule has 0 radical (unpaired) electrons. The largest absolute Gasteiger partial charge is 0.477 e. The minimum atomic E-state index is -1.14. The highest BCUT2D eigenvalue weighted by Crippen LogP contribution is 2.27. The monoisotopic (exact) mass is 344 g/mol. The number of hydrogen-bond acceptors (Lipinski definition) is 6. The van der Waals surface area contributed by atoms with Gasteiger partial charge in [-0.2, -0.15) is 0 Å². The molecule has 134 valence electrons. The van der Waals surface area contributed by atoms with Crippen molar-refractivity contribution in [3.05, 3.63) is 30.1 Å². The van der Waals surface area contributed by atoms with Gasteiger partial charge in [-0.15, -0.1) is 0 Å². The SMILES string of the molecule is O=C=C(C(=O)O)C(C1CCNCC1)N1CCN(c2ccncc2)CC1. The van der Waals surface area contributed by atoms with Crippen molar-refractivity contribution < 1.29 is 14.7 Å². The fourth-order valence-electron chi connectivity index (χ4n) is 3.92. The van der Waals surface area contributed by atoms with E-state index in [2.05, 4.69) is 20.1 Å². The average Bonchev–Trinajstić information content (AvgIpc) is 2.67. The van der Waals surface area contributed by atoms with Gasteiger partial charge in [0.05, 0.1) is 6.04 Å². The van der Waals surface area contributed by atoms with E-state index in [-0.39, 0.29) is 17.5 Å². The van der Waals surface area contributed by atoms with Gasteiger partial charge in [0, 0.05) is 44.3 Å². The Bertz CT molecular complexity index is 631. The van der Waals surface area contributed by atoms with Gasteiger partial charge < -0.3 is 15.3 Å². The van der Waals surface area contributed by atoms with Crippen LogP contribution in [0, 0.1) is 5.92 Å². The average molecular weight is 344 g/mol. The predicted octanol–water partition coefficient (Wildman–Crippen LogP) is 0.414. The zero-order valence-corrected chi connectivity index (χ0v) is 14.2. The molecule has 2 fully saturated rings. The van der Waals surface area contributed by atoms with Crippen LogP contribution in [0.2, 0.25) is 0 Å². The third-order valence-corrected chi connectivity index (χ3v) is 5.20. The van der Waals surface area contributed by atoms with Crippen molar-refractivity contribution in [2.45, 2.75) is 18.9 Å². The van der Waals surface area contributed by atoms with E-state index in [0.29, 0.717) is 0 Å². The maximum Gasteiger partial charge on any atom is 0.344 e. The highest BCUT2D eigenvalue weighted by Gasteiger charge is 2.37. The Hall–Kier alpha value is -2.21. The van der Waals surface area contributed by atoms with Gasteiger partial charge in [0.1, 0.15) is 11.5 Å². The second-order valence-electron chi connectivity index (χ2n) is 6.58. The molecule has 3 heterocycles. The molecule has 0 amide bonds. The summed E-state index contributed by atoms with van der Waals surface area (Å²) in [7, 11) is 0. The number of rotatable bonds is 5. The molecule has 25 heavy (non-hydrogen) atoms. The third kappa shape index (κ3) is 4.07. The number of piperidine rings is 1. The molecule has 2 N–H and O–H groups in total. The molecule has 1 aromatic rings. The molecule has 7 nitrogen and oxygen atoms in total. The number of carbonyl (C=O) groups is 1. The standard InChI is InChI=1S/C18H24N4O3/c23-13-16(18(24)25)17(14-1-5-19-6-2-14)22-11-9-21(10-12-22)15-3-7-20-8-4-15/h3-4,7-8,14,17,19H,1-2,5-6,9-12H2,(H,24,25). The van der Waals surface area contributed by atoms with Gasteiger partial charge >= 0.3 is 5.97 Å². The summed E-state index contributed by atoms with van der Waals surface area (Å²) in [5.41, 5.74) is 1.00. The molecule has 2 aliphatic rings. The Morgan fingerprint density at radius 3 is 2.40 bits per heavy atom. The summed E-state index contributed by atoms with van der Waals surface area (Å²) < 4.78 is 0. The first kappa shape index (κ1) is 17.6. The van der Waals surface area contributed by atoms with Crippen LogP contribution in [0.25, 0.3) is 0 Å². The zero-order chi connectivity index (χ0) is 17.6. The fourth-order valence-corrected chi connectivity index (χ4v) is 3.92. The number of nitrogens with one attached hydrogen (secondary N) is 1. The Morgan fingerprint density at radius 1 is 1.20 bits per heavy atom. The van der Waals surface area contributed by atoms with Gasteiger partial charge in [0.2, 0.25) is 0 Å². The molecule has 7 heteroatoms. The number of aromatic nitrogens is 1. The third-order valence-electron chi connectivity index (χ3n) is 5.20. The lowest BCUT2D eigenvalue weighted by Gasteiger charge is -2.43. The first-order chi connectivity index (χ1) is 12.2. The van der Waals surface area contributed by atoms with Crippen LogP contribution in [0.3, 0.4) is 0 Å². The molecule has 0 aromatic carbocycles. The Labute approximate surface area is 147 Å². The number of aliphatic carboxylic acids is 1. The molecule has 2 saturated heterocycles. The highest BCUT2D eigenvalue weighted by molar-refractivity contribution is 5.96.